The Hall–Kier alpha value is -2.83. The van der Waals surface area contributed by atoms with Crippen LogP contribution in [0.2, 0.25) is 0 Å². The zero-order chi connectivity index (χ0) is 19.1. The van der Waals surface area contributed by atoms with Gasteiger partial charge < -0.3 is 20.5 Å². The Morgan fingerprint density at radius 3 is 2.81 bits per heavy atom. The number of aliphatic imine (C=N–C) groups is 1. The van der Waals surface area contributed by atoms with Crippen molar-refractivity contribution in [1.82, 2.24) is 20.5 Å². The van der Waals surface area contributed by atoms with Gasteiger partial charge in [0, 0.05) is 44.3 Å². The number of rotatable bonds is 7. The third-order valence-electron chi connectivity index (χ3n) is 3.85. The zero-order valence-electron chi connectivity index (χ0n) is 15.5. The van der Waals surface area contributed by atoms with Gasteiger partial charge in [-0.05, 0) is 37.1 Å². The molecule has 3 N–H and O–H groups in total. The highest BCUT2D eigenvalue weighted by Crippen LogP contribution is 2.19. The molecule has 1 heterocycles. The molecule has 140 valence electrons. The first-order chi connectivity index (χ1) is 12.4. The minimum atomic E-state index is -0.251. The predicted molar refractivity (Wildman–Crippen MR) is 104 cm³/mol. The third kappa shape index (κ3) is 5.61. The molecule has 0 atom stereocenters. The number of amides is 1. The molecule has 6 nitrogen and oxygen atoms in total. The summed E-state index contributed by atoms with van der Waals surface area (Å²) in [4.78, 5) is 20.7. The van der Waals surface area contributed by atoms with Crippen molar-refractivity contribution in [3.05, 3.63) is 47.9 Å². The summed E-state index contributed by atoms with van der Waals surface area (Å²) in [5.41, 5.74) is 2.90. The van der Waals surface area contributed by atoms with E-state index in [1.165, 1.54) is 17.0 Å². The third-order valence-corrected chi connectivity index (χ3v) is 3.85. The Bertz CT molecular complexity index is 809. The summed E-state index contributed by atoms with van der Waals surface area (Å²) in [6.45, 7) is 7.00. The number of aromatic nitrogens is 1. The van der Waals surface area contributed by atoms with Crippen LogP contribution in [0.25, 0.3) is 10.9 Å². The normalized spacial score (nSPS) is 11.5. The van der Waals surface area contributed by atoms with Crippen molar-refractivity contribution in [2.45, 2.75) is 13.3 Å². The smallest absolute Gasteiger partial charge is 0.243 e. The van der Waals surface area contributed by atoms with Crippen molar-refractivity contribution >= 4 is 22.8 Å². The highest BCUT2D eigenvalue weighted by atomic mass is 19.1. The van der Waals surface area contributed by atoms with Gasteiger partial charge in [-0.1, -0.05) is 12.2 Å². The summed E-state index contributed by atoms with van der Waals surface area (Å²) in [6, 6.07) is 4.70. The van der Waals surface area contributed by atoms with Gasteiger partial charge in [-0.2, -0.15) is 0 Å². The Balaban J connectivity index is 1.98. The van der Waals surface area contributed by atoms with Crippen molar-refractivity contribution in [1.29, 1.82) is 0 Å². The summed E-state index contributed by atoms with van der Waals surface area (Å²) in [5.74, 6) is 0.224. The topological polar surface area (TPSA) is 72.5 Å². The van der Waals surface area contributed by atoms with Crippen LogP contribution in [0.3, 0.4) is 0 Å². The highest BCUT2D eigenvalue weighted by molar-refractivity contribution is 5.85. The molecule has 7 heteroatoms. The number of benzene rings is 1. The first kappa shape index (κ1) is 19.5. The molecule has 0 fully saturated rings. The van der Waals surface area contributed by atoms with Crippen LogP contribution in [0.5, 0.6) is 0 Å². The fourth-order valence-electron chi connectivity index (χ4n) is 2.37. The average Bonchev–Trinajstić information content (AvgIpc) is 2.98. The van der Waals surface area contributed by atoms with Crippen LogP contribution < -0.4 is 10.6 Å². The lowest BCUT2D eigenvalue weighted by Gasteiger charge is -2.13. The minimum Gasteiger partial charge on any atom is -0.361 e. The van der Waals surface area contributed by atoms with E-state index in [1.54, 1.807) is 20.2 Å². The number of nitrogens with one attached hydrogen (secondary N) is 3. The molecule has 0 aliphatic heterocycles. The number of carbonyl (C=O) groups is 1. The van der Waals surface area contributed by atoms with Crippen molar-refractivity contribution in [2.75, 3.05) is 33.7 Å². The van der Waals surface area contributed by atoms with E-state index in [9.17, 15) is 9.18 Å². The van der Waals surface area contributed by atoms with Gasteiger partial charge in [-0.3, -0.25) is 4.79 Å². The van der Waals surface area contributed by atoms with Crippen molar-refractivity contribution in [3.8, 4) is 0 Å². The largest absolute Gasteiger partial charge is 0.361 e. The number of carbonyl (C=O) groups excluding carboxylic acids is 1. The molecule has 2 rings (SSSR count). The SMILES string of the molecule is C=C(C)CNC(=NCC(=O)N(C)C)NCCc1c[nH]c2ccc(F)cc12. The number of fused-ring (bicyclic) bond motifs is 1. The van der Waals surface area contributed by atoms with Crippen molar-refractivity contribution in [2.24, 2.45) is 4.99 Å². The summed E-state index contributed by atoms with van der Waals surface area (Å²) < 4.78 is 13.5. The summed E-state index contributed by atoms with van der Waals surface area (Å²) in [6.07, 6.45) is 2.58. The second-order valence-corrected chi connectivity index (χ2v) is 6.44. The van der Waals surface area contributed by atoms with Crippen LogP contribution >= 0.6 is 0 Å². The van der Waals surface area contributed by atoms with Crippen LogP contribution in [0.4, 0.5) is 4.39 Å². The van der Waals surface area contributed by atoms with Crippen molar-refractivity contribution in [3.63, 3.8) is 0 Å². The Kier molecular flexibility index (Phi) is 6.77. The molecule has 0 spiro atoms. The Labute approximate surface area is 153 Å². The van der Waals surface area contributed by atoms with Gasteiger partial charge in [-0.15, -0.1) is 0 Å². The Morgan fingerprint density at radius 2 is 2.12 bits per heavy atom. The molecule has 0 saturated heterocycles. The number of nitrogens with zero attached hydrogens (tertiary/aromatic N) is 2. The first-order valence-electron chi connectivity index (χ1n) is 8.49. The molecule has 0 bridgehead atoms. The van der Waals surface area contributed by atoms with Gasteiger partial charge in [0.05, 0.1) is 0 Å². The summed E-state index contributed by atoms with van der Waals surface area (Å²) in [7, 11) is 3.39. The first-order valence-corrected chi connectivity index (χ1v) is 8.49. The maximum absolute atomic E-state index is 13.5. The molecule has 0 radical (unpaired) electrons. The van der Waals surface area contributed by atoms with Gasteiger partial charge in [0.2, 0.25) is 5.91 Å². The molecule has 0 aliphatic rings. The molecule has 0 unspecified atom stereocenters. The van der Waals surface area contributed by atoms with E-state index < -0.39 is 0 Å². The number of likely N-dealkylation sites (N-methyl/N-ethyl adjacent to an activating group) is 1. The van der Waals surface area contributed by atoms with Crippen LogP contribution in [0.15, 0.2) is 41.5 Å². The molecule has 1 amide bonds. The quantitative estimate of drug-likeness (QED) is 0.402. The number of aromatic amines is 1. The van der Waals surface area contributed by atoms with E-state index in [0.29, 0.717) is 25.5 Å². The lowest BCUT2D eigenvalue weighted by Crippen LogP contribution is -2.40. The maximum Gasteiger partial charge on any atom is 0.243 e. The van der Waals surface area contributed by atoms with E-state index in [-0.39, 0.29) is 18.3 Å². The maximum atomic E-state index is 13.5. The van der Waals surface area contributed by atoms with Crippen LogP contribution in [0, 0.1) is 5.82 Å². The molecular weight excluding hydrogens is 333 g/mol. The van der Waals surface area contributed by atoms with Crippen LogP contribution in [-0.4, -0.2) is 55.5 Å². The average molecular weight is 359 g/mol. The van der Waals surface area contributed by atoms with E-state index >= 15 is 0 Å². The molecule has 26 heavy (non-hydrogen) atoms. The van der Waals surface area contributed by atoms with E-state index in [4.69, 9.17) is 0 Å². The molecule has 0 saturated carbocycles. The molecule has 1 aromatic carbocycles. The summed E-state index contributed by atoms with van der Waals surface area (Å²) in [5, 5.41) is 7.22. The number of H-pyrrole nitrogens is 1. The second kappa shape index (κ2) is 9.03. The number of halogens is 1. The van der Waals surface area contributed by atoms with E-state index in [0.717, 1.165) is 22.0 Å². The molecule has 0 aliphatic carbocycles. The lowest BCUT2D eigenvalue weighted by atomic mass is 10.1. The standard InChI is InChI=1S/C19H26FN5O/c1-13(2)10-23-19(24-12-18(26)25(3)4)21-8-7-14-11-22-17-6-5-15(20)9-16(14)17/h5-6,9,11,22H,1,7-8,10,12H2,2-4H3,(H2,21,23,24). The van der Waals surface area contributed by atoms with Gasteiger partial charge in [0.25, 0.3) is 0 Å². The number of hydrogen-bond acceptors (Lipinski definition) is 2. The van der Waals surface area contributed by atoms with Gasteiger partial charge >= 0.3 is 0 Å². The fraction of sp³-hybridized carbons (Fsp3) is 0.368. The van der Waals surface area contributed by atoms with Gasteiger partial charge in [0.15, 0.2) is 5.96 Å². The monoisotopic (exact) mass is 359 g/mol. The molecule has 1 aromatic heterocycles. The highest BCUT2D eigenvalue weighted by Gasteiger charge is 2.07. The lowest BCUT2D eigenvalue weighted by molar-refractivity contribution is -0.127. The zero-order valence-corrected chi connectivity index (χ0v) is 15.5. The minimum absolute atomic E-state index is 0.0663. The Morgan fingerprint density at radius 1 is 1.35 bits per heavy atom. The van der Waals surface area contributed by atoms with Crippen LogP contribution in [0.1, 0.15) is 12.5 Å². The molecular formula is C19H26FN5O. The van der Waals surface area contributed by atoms with Gasteiger partial charge in [0.1, 0.15) is 12.4 Å². The molecule has 2 aromatic rings. The van der Waals surface area contributed by atoms with Gasteiger partial charge in [-0.25, -0.2) is 9.38 Å². The summed E-state index contributed by atoms with van der Waals surface area (Å²) >= 11 is 0. The number of guanidine groups is 1. The van der Waals surface area contributed by atoms with Crippen molar-refractivity contribution < 1.29 is 9.18 Å². The van der Waals surface area contributed by atoms with E-state index in [2.05, 4.69) is 27.2 Å². The predicted octanol–water partition coefficient (Wildman–Crippen LogP) is 2.05. The fourth-order valence-corrected chi connectivity index (χ4v) is 2.37. The van der Waals surface area contributed by atoms with Crippen LogP contribution in [-0.2, 0) is 11.2 Å². The van der Waals surface area contributed by atoms with E-state index in [1.807, 2.05) is 13.1 Å². The second-order valence-electron chi connectivity index (χ2n) is 6.44. The number of hydrogen-bond donors (Lipinski definition) is 3.